The standard InChI is InChI=1S/C18H22N2O/c1-13(19-11-12-20-18(21)15-9-10-15)16-8-4-6-14-5-2-3-7-17(14)16/h2-8,13,15,19H,9-12H2,1H3,(H,20,21). The van der Waals surface area contributed by atoms with E-state index in [0.29, 0.717) is 12.5 Å². The minimum absolute atomic E-state index is 0.217. The molecule has 1 aliphatic carbocycles. The molecule has 0 heterocycles. The Kier molecular flexibility index (Phi) is 4.20. The summed E-state index contributed by atoms with van der Waals surface area (Å²) in [7, 11) is 0. The van der Waals surface area contributed by atoms with E-state index < -0.39 is 0 Å². The number of carbonyl (C=O) groups is 1. The van der Waals surface area contributed by atoms with Crippen molar-refractivity contribution >= 4 is 16.7 Å². The fourth-order valence-electron chi connectivity index (χ4n) is 2.70. The summed E-state index contributed by atoms with van der Waals surface area (Å²) in [6, 6.07) is 15.1. The molecule has 3 heteroatoms. The molecule has 3 nitrogen and oxygen atoms in total. The molecule has 1 saturated carbocycles. The fourth-order valence-corrected chi connectivity index (χ4v) is 2.70. The maximum Gasteiger partial charge on any atom is 0.223 e. The first-order valence-corrected chi connectivity index (χ1v) is 7.74. The number of rotatable bonds is 6. The normalized spacial score (nSPS) is 15.9. The van der Waals surface area contributed by atoms with E-state index in [0.717, 1.165) is 19.4 Å². The molecule has 110 valence electrons. The van der Waals surface area contributed by atoms with Gasteiger partial charge >= 0.3 is 0 Å². The molecule has 0 saturated heterocycles. The maximum atomic E-state index is 11.6. The molecule has 3 rings (SSSR count). The second-order valence-corrected chi connectivity index (χ2v) is 5.81. The summed E-state index contributed by atoms with van der Waals surface area (Å²) in [5, 5.41) is 9.04. The van der Waals surface area contributed by atoms with Crippen LogP contribution in [0.4, 0.5) is 0 Å². The van der Waals surface area contributed by atoms with E-state index in [9.17, 15) is 4.79 Å². The quantitative estimate of drug-likeness (QED) is 0.800. The molecule has 0 aliphatic heterocycles. The monoisotopic (exact) mass is 282 g/mol. The van der Waals surface area contributed by atoms with Crippen molar-refractivity contribution in [2.75, 3.05) is 13.1 Å². The average molecular weight is 282 g/mol. The molecule has 21 heavy (non-hydrogen) atoms. The molecular formula is C18H22N2O. The van der Waals surface area contributed by atoms with Crippen molar-refractivity contribution in [2.24, 2.45) is 5.92 Å². The van der Waals surface area contributed by atoms with Crippen LogP contribution in [0.15, 0.2) is 42.5 Å². The Hall–Kier alpha value is -1.87. The Morgan fingerprint density at radius 2 is 1.90 bits per heavy atom. The molecule has 1 aliphatic rings. The Labute approximate surface area is 125 Å². The molecule has 0 spiro atoms. The molecular weight excluding hydrogens is 260 g/mol. The second-order valence-electron chi connectivity index (χ2n) is 5.81. The summed E-state index contributed by atoms with van der Waals surface area (Å²) in [5.41, 5.74) is 1.31. The SMILES string of the molecule is CC(NCCNC(=O)C1CC1)c1cccc2ccccc12. The van der Waals surface area contributed by atoms with Gasteiger partial charge in [-0.15, -0.1) is 0 Å². The lowest BCUT2D eigenvalue weighted by Crippen LogP contribution is -2.33. The van der Waals surface area contributed by atoms with Crippen LogP contribution in [0, 0.1) is 5.92 Å². The highest BCUT2D eigenvalue weighted by Crippen LogP contribution is 2.28. The van der Waals surface area contributed by atoms with Gasteiger partial charge in [-0.05, 0) is 36.1 Å². The van der Waals surface area contributed by atoms with Crippen molar-refractivity contribution in [1.29, 1.82) is 0 Å². The van der Waals surface area contributed by atoms with Crippen LogP contribution in [0.5, 0.6) is 0 Å². The molecule has 2 aromatic carbocycles. The van der Waals surface area contributed by atoms with Gasteiger partial charge in [0, 0.05) is 25.0 Å². The summed E-state index contributed by atoms with van der Waals surface area (Å²) in [4.78, 5) is 11.6. The molecule has 1 atom stereocenters. The van der Waals surface area contributed by atoms with Gasteiger partial charge in [0.05, 0.1) is 0 Å². The Bertz CT molecular complexity index is 629. The third-order valence-electron chi connectivity index (χ3n) is 4.11. The smallest absolute Gasteiger partial charge is 0.223 e. The minimum atomic E-state index is 0.217. The van der Waals surface area contributed by atoms with E-state index in [4.69, 9.17) is 0 Å². The van der Waals surface area contributed by atoms with Gasteiger partial charge in [-0.1, -0.05) is 42.5 Å². The number of benzene rings is 2. The van der Waals surface area contributed by atoms with Crippen molar-refractivity contribution in [3.8, 4) is 0 Å². The largest absolute Gasteiger partial charge is 0.355 e. The van der Waals surface area contributed by atoms with Crippen LogP contribution in [-0.4, -0.2) is 19.0 Å². The molecule has 0 aromatic heterocycles. The van der Waals surface area contributed by atoms with E-state index in [2.05, 4.69) is 60.0 Å². The van der Waals surface area contributed by atoms with Gasteiger partial charge in [-0.3, -0.25) is 4.79 Å². The van der Waals surface area contributed by atoms with Crippen LogP contribution in [0.2, 0.25) is 0 Å². The van der Waals surface area contributed by atoms with Crippen LogP contribution >= 0.6 is 0 Å². The number of fused-ring (bicyclic) bond motifs is 1. The fraction of sp³-hybridized carbons (Fsp3) is 0.389. The minimum Gasteiger partial charge on any atom is -0.355 e. The van der Waals surface area contributed by atoms with Crippen LogP contribution in [0.3, 0.4) is 0 Å². The van der Waals surface area contributed by atoms with Gasteiger partial charge in [-0.2, -0.15) is 0 Å². The highest BCUT2D eigenvalue weighted by Gasteiger charge is 2.28. The first-order chi connectivity index (χ1) is 10.3. The number of carbonyl (C=O) groups excluding carboxylic acids is 1. The Balaban J connectivity index is 1.56. The average Bonchev–Trinajstić information content (AvgIpc) is 3.35. The predicted octanol–water partition coefficient (Wildman–Crippen LogP) is 3.02. The molecule has 0 bridgehead atoms. The number of hydrogen-bond acceptors (Lipinski definition) is 2. The van der Waals surface area contributed by atoms with E-state index in [-0.39, 0.29) is 11.9 Å². The lowest BCUT2D eigenvalue weighted by Gasteiger charge is -2.17. The molecule has 1 fully saturated rings. The zero-order chi connectivity index (χ0) is 14.7. The van der Waals surface area contributed by atoms with Crippen molar-refractivity contribution in [1.82, 2.24) is 10.6 Å². The summed E-state index contributed by atoms with van der Waals surface area (Å²) >= 11 is 0. The van der Waals surface area contributed by atoms with Crippen molar-refractivity contribution < 1.29 is 4.79 Å². The number of hydrogen-bond donors (Lipinski definition) is 2. The number of amides is 1. The summed E-state index contributed by atoms with van der Waals surface area (Å²) in [5.74, 6) is 0.509. The zero-order valence-electron chi connectivity index (χ0n) is 12.4. The van der Waals surface area contributed by atoms with Crippen LogP contribution in [-0.2, 0) is 4.79 Å². The van der Waals surface area contributed by atoms with Gasteiger partial charge < -0.3 is 10.6 Å². The molecule has 2 aromatic rings. The zero-order valence-corrected chi connectivity index (χ0v) is 12.4. The van der Waals surface area contributed by atoms with Crippen molar-refractivity contribution in [2.45, 2.75) is 25.8 Å². The lowest BCUT2D eigenvalue weighted by molar-refractivity contribution is -0.122. The van der Waals surface area contributed by atoms with Gasteiger partial charge in [0.1, 0.15) is 0 Å². The van der Waals surface area contributed by atoms with E-state index in [1.807, 2.05) is 0 Å². The topological polar surface area (TPSA) is 41.1 Å². The predicted molar refractivity (Wildman–Crippen MR) is 86.1 cm³/mol. The van der Waals surface area contributed by atoms with Crippen LogP contribution in [0.25, 0.3) is 10.8 Å². The maximum absolute atomic E-state index is 11.6. The Morgan fingerprint density at radius 1 is 1.14 bits per heavy atom. The van der Waals surface area contributed by atoms with Crippen LogP contribution < -0.4 is 10.6 Å². The van der Waals surface area contributed by atoms with E-state index in [1.54, 1.807) is 0 Å². The van der Waals surface area contributed by atoms with Gasteiger partial charge in [0.25, 0.3) is 0 Å². The van der Waals surface area contributed by atoms with Crippen molar-refractivity contribution in [3.05, 3.63) is 48.0 Å². The third kappa shape index (κ3) is 3.42. The van der Waals surface area contributed by atoms with Gasteiger partial charge in [0.15, 0.2) is 0 Å². The van der Waals surface area contributed by atoms with Crippen molar-refractivity contribution in [3.63, 3.8) is 0 Å². The Morgan fingerprint density at radius 3 is 2.71 bits per heavy atom. The molecule has 2 N–H and O–H groups in total. The molecule has 1 amide bonds. The highest BCUT2D eigenvalue weighted by atomic mass is 16.2. The van der Waals surface area contributed by atoms with Gasteiger partial charge in [0.2, 0.25) is 5.91 Å². The van der Waals surface area contributed by atoms with Gasteiger partial charge in [-0.25, -0.2) is 0 Å². The van der Waals surface area contributed by atoms with E-state index >= 15 is 0 Å². The molecule has 1 unspecified atom stereocenters. The lowest BCUT2D eigenvalue weighted by atomic mass is 10.00. The molecule has 0 radical (unpaired) electrons. The first kappa shape index (κ1) is 14.1. The second kappa shape index (κ2) is 6.27. The summed E-state index contributed by atoms with van der Waals surface area (Å²) in [6.45, 7) is 3.66. The summed E-state index contributed by atoms with van der Waals surface area (Å²) < 4.78 is 0. The third-order valence-corrected chi connectivity index (χ3v) is 4.11. The highest BCUT2D eigenvalue weighted by molar-refractivity contribution is 5.86. The first-order valence-electron chi connectivity index (χ1n) is 7.74. The van der Waals surface area contributed by atoms with Crippen LogP contribution in [0.1, 0.15) is 31.4 Å². The number of nitrogens with one attached hydrogen (secondary N) is 2. The summed E-state index contributed by atoms with van der Waals surface area (Å²) in [6.07, 6.45) is 2.12. The van der Waals surface area contributed by atoms with E-state index in [1.165, 1.54) is 16.3 Å².